The lowest BCUT2D eigenvalue weighted by atomic mass is 10.1. The molecule has 0 bridgehead atoms. The molecule has 1 amide bonds. The molecule has 1 N–H and O–H groups in total. The summed E-state index contributed by atoms with van der Waals surface area (Å²) in [6.07, 6.45) is 2.85. The summed E-state index contributed by atoms with van der Waals surface area (Å²) in [5, 5.41) is 9.23. The molecule has 1 fully saturated rings. The van der Waals surface area contributed by atoms with Gasteiger partial charge in [-0.1, -0.05) is 25.0 Å². The van der Waals surface area contributed by atoms with Gasteiger partial charge in [0, 0.05) is 25.6 Å². The molecule has 0 saturated heterocycles. The summed E-state index contributed by atoms with van der Waals surface area (Å²) in [5.74, 6) is -2.12. The highest BCUT2D eigenvalue weighted by molar-refractivity contribution is 5.72. The Hall–Kier alpha value is -3.20. The lowest BCUT2D eigenvalue weighted by Gasteiger charge is -2.25. The van der Waals surface area contributed by atoms with Crippen molar-refractivity contribution in [1.82, 2.24) is 4.90 Å². The Balaban J connectivity index is 1.56. The van der Waals surface area contributed by atoms with Crippen LogP contribution in [0.3, 0.4) is 0 Å². The average Bonchev–Trinajstić information content (AvgIpc) is 3.34. The number of carboxylic acids is 1. The third-order valence-electron chi connectivity index (χ3n) is 5.92. The highest BCUT2D eigenvalue weighted by Gasteiger charge is 2.24. The van der Waals surface area contributed by atoms with Crippen LogP contribution in [0.2, 0.25) is 0 Å². The topological polar surface area (TPSA) is 85.3 Å². The molecule has 1 unspecified atom stereocenters. The minimum absolute atomic E-state index is 0.184. The first-order chi connectivity index (χ1) is 16.9. The Bertz CT molecular complexity index is 978. The second kappa shape index (κ2) is 13.0. The van der Waals surface area contributed by atoms with Crippen LogP contribution in [0.25, 0.3) is 0 Å². The quantitative estimate of drug-likeness (QED) is 0.446. The molecule has 1 saturated carbocycles. The van der Waals surface area contributed by atoms with Gasteiger partial charge in [0.05, 0.1) is 6.54 Å². The van der Waals surface area contributed by atoms with Crippen LogP contribution in [-0.4, -0.2) is 54.5 Å². The van der Waals surface area contributed by atoms with E-state index in [4.69, 9.17) is 14.2 Å². The Morgan fingerprint density at radius 3 is 2.46 bits per heavy atom. The van der Waals surface area contributed by atoms with Gasteiger partial charge in [-0.3, -0.25) is 0 Å². The first-order valence-electron chi connectivity index (χ1n) is 11.8. The smallest absolute Gasteiger partial charge is 0.415 e. The number of aliphatic carboxylic acids is 1. The number of halogens is 2. The zero-order valence-corrected chi connectivity index (χ0v) is 19.8. The molecular weight excluding hydrogens is 460 g/mol. The fourth-order valence-corrected chi connectivity index (χ4v) is 4.11. The van der Waals surface area contributed by atoms with Crippen LogP contribution in [0, 0.1) is 17.6 Å². The fraction of sp³-hybridized carbons (Fsp3) is 0.462. The molecule has 0 spiro atoms. The van der Waals surface area contributed by atoms with E-state index in [1.165, 1.54) is 4.90 Å². The minimum atomic E-state index is -1.01. The molecule has 1 aliphatic carbocycles. The first kappa shape index (κ1) is 26.4. The van der Waals surface area contributed by atoms with Gasteiger partial charge in [0.25, 0.3) is 0 Å². The number of amides is 1. The standard InChI is InChI=1S/C26H31F2NO6/c1-2-33-24(25(30)31)15-18-7-10-21(11-8-18)34-14-13-29(17-19-5-3-4-6-19)26(32)35-23-12-9-20(27)16-22(23)28/h7-12,16,19,24H,2-6,13-15,17H2,1H3,(H,30,31). The number of carbonyl (C=O) groups excluding carboxylic acids is 1. The zero-order valence-electron chi connectivity index (χ0n) is 19.8. The number of nitrogens with zero attached hydrogens (tertiary/aromatic N) is 1. The van der Waals surface area contributed by atoms with E-state index in [2.05, 4.69) is 0 Å². The Morgan fingerprint density at radius 2 is 1.83 bits per heavy atom. The number of ether oxygens (including phenoxy) is 3. The second-order valence-corrected chi connectivity index (χ2v) is 8.52. The molecule has 35 heavy (non-hydrogen) atoms. The molecule has 1 aliphatic rings. The van der Waals surface area contributed by atoms with E-state index in [1.54, 1.807) is 31.2 Å². The number of benzene rings is 2. The summed E-state index contributed by atoms with van der Waals surface area (Å²) in [7, 11) is 0. The largest absolute Gasteiger partial charge is 0.492 e. The summed E-state index contributed by atoms with van der Waals surface area (Å²) < 4.78 is 43.3. The maximum atomic E-state index is 14.0. The van der Waals surface area contributed by atoms with E-state index in [-0.39, 0.29) is 25.3 Å². The molecule has 9 heteroatoms. The van der Waals surface area contributed by atoms with Crippen molar-refractivity contribution in [1.29, 1.82) is 0 Å². The SMILES string of the molecule is CCOC(Cc1ccc(OCCN(CC2CCCC2)C(=O)Oc2ccc(F)cc2F)cc1)C(=O)O. The van der Waals surface area contributed by atoms with Gasteiger partial charge >= 0.3 is 12.1 Å². The Morgan fingerprint density at radius 1 is 1.11 bits per heavy atom. The molecule has 190 valence electrons. The normalized spacial score (nSPS) is 14.5. The van der Waals surface area contributed by atoms with E-state index in [9.17, 15) is 23.5 Å². The van der Waals surface area contributed by atoms with Gasteiger partial charge in [0.15, 0.2) is 17.7 Å². The van der Waals surface area contributed by atoms with Crippen LogP contribution in [0.15, 0.2) is 42.5 Å². The molecule has 0 radical (unpaired) electrons. The molecular formula is C26H31F2NO6. The summed E-state index contributed by atoms with van der Waals surface area (Å²) in [6.45, 7) is 2.94. The lowest BCUT2D eigenvalue weighted by Crippen LogP contribution is -2.39. The van der Waals surface area contributed by atoms with Crippen LogP contribution < -0.4 is 9.47 Å². The van der Waals surface area contributed by atoms with Crippen molar-refractivity contribution in [2.45, 2.75) is 45.1 Å². The van der Waals surface area contributed by atoms with Gasteiger partial charge in [-0.15, -0.1) is 0 Å². The van der Waals surface area contributed by atoms with Crippen LogP contribution in [0.5, 0.6) is 11.5 Å². The number of carboxylic acid groups (broad SMARTS) is 1. The molecule has 1 atom stereocenters. The number of hydrogen-bond acceptors (Lipinski definition) is 5. The van der Waals surface area contributed by atoms with E-state index >= 15 is 0 Å². The van der Waals surface area contributed by atoms with Gasteiger partial charge < -0.3 is 24.2 Å². The van der Waals surface area contributed by atoms with Gasteiger partial charge in [0.1, 0.15) is 18.2 Å². The molecule has 7 nitrogen and oxygen atoms in total. The van der Waals surface area contributed by atoms with Crippen LogP contribution >= 0.6 is 0 Å². The first-order valence-corrected chi connectivity index (χ1v) is 11.8. The van der Waals surface area contributed by atoms with Crippen molar-refractivity contribution in [2.75, 3.05) is 26.3 Å². The monoisotopic (exact) mass is 491 g/mol. The predicted molar refractivity (Wildman–Crippen MR) is 125 cm³/mol. The lowest BCUT2D eigenvalue weighted by molar-refractivity contribution is -0.149. The highest BCUT2D eigenvalue weighted by atomic mass is 19.1. The molecule has 0 heterocycles. The highest BCUT2D eigenvalue weighted by Crippen LogP contribution is 2.26. The summed E-state index contributed by atoms with van der Waals surface area (Å²) in [5.41, 5.74) is 0.797. The molecule has 3 rings (SSSR count). The molecule has 2 aromatic rings. The van der Waals surface area contributed by atoms with E-state index in [0.29, 0.717) is 30.9 Å². The van der Waals surface area contributed by atoms with Crippen LogP contribution in [0.4, 0.5) is 13.6 Å². The van der Waals surface area contributed by atoms with E-state index < -0.39 is 29.8 Å². The molecule has 2 aromatic carbocycles. The van der Waals surface area contributed by atoms with Crippen molar-refractivity contribution < 1.29 is 37.7 Å². The van der Waals surface area contributed by atoms with Crippen LogP contribution in [-0.2, 0) is 16.0 Å². The maximum absolute atomic E-state index is 14.0. The van der Waals surface area contributed by atoms with E-state index in [1.807, 2.05) is 0 Å². The maximum Gasteiger partial charge on any atom is 0.415 e. The van der Waals surface area contributed by atoms with Gasteiger partial charge in [0.2, 0.25) is 0 Å². The van der Waals surface area contributed by atoms with Crippen LogP contribution in [0.1, 0.15) is 38.2 Å². The average molecular weight is 492 g/mol. The van der Waals surface area contributed by atoms with Crippen molar-refractivity contribution >= 4 is 12.1 Å². The van der Waals surface area contributed by atoms with Crippen molar-refractivity contribution in [3.63, 3.8) is 0 Å². The van der Waals surface area contributed by atoms with Gasteiger partial charge in [-0.2, -0.15) is 0 Å². The second-order valence-electron chi connectivity index (χ2n) is 8.52. The third kappa shape index (κ3) is 8.20. The summed E-state index contributed by atoms with van der Waals surface area (Å²) in [6, 6.07) is 9.80. The Kier molecular flexibility index (Phi) is 9.84. The number of carbonyl (C=O) groups is 2. The third-order valence-corrected chi connectivity index (χ3v) is 5.92. The number of rotatable bonds is 12. The zero-order chi connectivity index (χ0) is 25.2. The van der Waals surface area contributed by atoms with Gasteiger partial charge in [-0.25, -0.2) is 18.4 Å². The minimum Gasteiger partial charge on any atom is -0.492 e. The molecule has 0 aliphatic heterocycles. The summed E-state index contributed by atoms with van der Waals surface area (Å²) >= 11 is 0. The Labute approximate surface area is 203 Å². The summed E-state index contributed by atoms with van der Waals surface area (Å²) in [4.78, 5) is 25.5. The number of hydrogen-bond donors (Lipinski definition) is 1. The predicted octanol–water partition coefficient (Wildman–Crippen LogP) is 5.07. The van der Waals surface area contributed by atoms with E-state index in [0.717, 1.165) is 43.4 Å². The molecule has 0 aromatic heterocycles. The van der Waals surface area contributed by atoms with Gasteiger partial charge in [-0.05, 0) is 55.5 Å². The van der Waals surface area contributed by atoms with Crippen molar-refractivity contribution in [3.8, 4) is 11.5 Å². The van der Waals surface area contributed by atoms with Crippen molar-refractivity contribution in [3.05, 3.63) is 59.7 Å². The van der Waals surface area contributed by atoms with Crippen molar-refractivity contribution in [2.24, 2.45) is 5.92 Å². The fourth-order valence-electron chi connectivity index (χ4n) is 4.11.